The molecule has 5 nitrogen and oxygen atoms in total. The third kappa shape index (κ3) is 6.65. The number of rotatable bonds is 5. The van der Waals surface area contributed by atoms with Crippen molar-refractivity contribution in [2.24, 2.45) is 11.7 Å². The summed E-state index contributed by atoms with van der Waals surface area (Å²) in [5, 5.41) is 2.77. The molecule has 27 heavy (non-hydrogen) atoms. The molecular weight excluding hydrogens is 392 g/mol. The number of ether oxygens (including phenoxy) is 1. The van der Waals surface area contributed by atoms with Crippen molar-refractivity contribution in [2.45, 2.75) is 38.3 Å². The molecule has 8 heteroatoms. The normalized spacial score (nSPS) is 18.6. The number of amides is 1. The SMILES string of the molecule is Cl.Cl.NC1CCCC(C(=O)Nc2ccc(OCc3ccccn3)c(F)c2)C1. The van der Waals surface area contributed by atoms with Gasteiger partial charge in [-0.15, -0.1) is 24.8 Å². The third-order valence-electron chi connectivity index (χ3n) is 4.39. The summed E-state index contributed by atoms with van der Waals surface area (Å²) >= 11 is 0. The number of carbonyl (C=O) groups is 1. The van der Waals surface area contributed by atoms with Crippen LogP contribution >= 0.6 is 24.8 Å². The molecule has 0 spiro atoms. The van der Waals surface area contributed by atoms with Crippen molar-refractivity contribution in [1.29, 1.82) is 0 Å². The molecule has 0 aliphatic heterocycles. The average molecular weight is 416 g/mol. The van der Waals surface area contributed by atoms with E-state index in [0.717, 1.165) is 19.3 Å². The lowest BCUT2D eigenvalue weighted by atomic mass is 9.85. The van der Waals surface area contributed by atoms with Crippen molar-refractivity contribution in [2.75, 3.05) is 5.32 Å². The number of carbonyl (C=O) groups excluding carboxylic acids is 1. The predicted octanol–water partition coefficient (Wildman–Crippen LogP) is 4.10. The summed E-state index contributed by atoms with van der Waals surface area (Å²) in [4.78, 5) is 16.4. The molecule has 1 amide bonds. The molecule has 3 rings (SSSR count). The number of aromatic nitrogens is 1. The van der Waals surface area contributed by atoms with E-state index in [9.17, 15) is 9.18 Å². The minimum atomic E-state index is -0.519. The Morgan fingerprint density at radius 2 is 2.07 bits per heavy atom. The molecule has 1 aliphatic carbocycles. The number of hydrogen-bond donors (Lipinski definition) is 2. The first-order valence-corrected chi connectivity index (χ1v) is 8.50. The maximum absolute atomic E-state index is 14.2. The second-order valence-corrected chi connectivity index (χ2v) is 6.37. The summed E-state index contributed by atoms with van der Waals surface area (Å²) in [6.45, 7) is 0.184. The molecule has 1 aromatic heterocycles. The van der Waals surface area contributed by atoms with E-state index in [4.69, 9.17) is 10.5 Å². The lowest BCUT2D eigenvalue weighted by Crippen LogP contribution is -2.34. The van der Waals surface area contributed by atoms with Crippen molar-refractivity contribution in [3.05, 3.63) is 54.1 Å². The van der Waals surface area contributed by atoms with Crippen LogP contribution in [0.2, 0.25) is 0 Å². The molecule has 1 heterocycles. The second-order valence-electron chi connectivity index (χ2n) is 6.37. The topological polar surface area (TPSA) is 77.2 Å². The highest BCUT2D eigenvalue weighted by Gasteiger charge is 2.25. The highest BCUT2D eigenvalue weighted by atomic mass is 35.5. The fraction of sp³-hybridized carbons (Fsp3) is 0.368. The van der Waals surface area contributed by atoms with Gasteiger partial charge in [-0.3, -0.25) is 9.78 Å². The molecule has 1 saturated carbocycles. The number of hydrogen-bond acceptors (Lipinski definition) is 4. The lowest BCUT2D eigenvalue weighted by Gasteiger charge is -2.25. The van der Waals surface area contributed by atoms with E-state index < -0.39 is 5.82 Å². The third-order valence-corrected chi connectivity index (χ3v) is 4.39. The van der Waals surface area contributed by atoms with Crippen molar-refractivity contribution >= 4 is 36.4 Å². The molecule has 0 saturated heterocycles. The van der Waals surface area contributed by atoms with E-state index >= 15 is 0 Å². The number of benzene rings is 1. The van der Waals surface area contributed by atoms with Crippen LogP contribution in [0.5, 0.6) is 5.75 Å². The first-order chi connectivity index (χ1) is 12.1. The molecule has 2 aromatic rings. The molecule has 148 valence electrons. The van der Waals surface area contributed by atoms with E-state index in [-0.39, 0.29) is 55.0 Å². The van der Waals surface area contributed by atoms with Crippen LogP contribution in [0.1, 0.15) is 31.4 Å². The van der Waals surface area contributed by atoms with Gasteiger partial charge in [-0.25, -0.2) is 4.39 Å². The van der Waals surface area contributed by atoms with E-state index in [0.29, 0.717) is 17.8 Å². The molecule has 2 atom stereocenters. The van der Waals surface area contributed by atoms with Crippen LogP contribution in [0.3, 0.4) is 0 Å². The first-order valence-electron chi connectivity index (χ1n) is 8.50. The van der Waals surface area contributed by atoms with Gasteiger partial charge < -0.3 is 15.8 Å². The Morgan fingerprint density at radius 3 is 2.74 bits per heavy atom. The van der Waals surface area contributed by atoms with Crippen LogP contribution in [0, 0.1) is 11.7 Å². The lowest BCUT2D eigenvalue weighted by molar-refractivity contribution is -0.120. The van der Waals surface area contributed by atoms with Crippen molar-refractivity contribution in [3.8, 4) is 5.75 Å². The number of nitrogens with one attached hydrogen (secondary N) is 1. The standard InChI is InChI=1S/C19H22FN3O2.2ClH/c20-17-11-15(23-19(24)13-4-3-5-14(21)10-13)7-8-18(17)25-12-16-6-1-2-9-22-16;;/h1-2,6-9,11,13-14H,3-5,10,12,21H2,(H,23,24);2*1H. The zero-order chi connectivity index (χ0) is 17.6. The smallest absolute Gasteiger partial charge is 0.227 e. The van der Waals surface area contributed by atoms with Gasteiger partial charge in [0.15, 0.2) is 11.6 Å². The van der Waals surface area contributed by atoms with E-state index in [1.54, 1.807) is 24.4 Å². The second kappa shape index (κ2) is 11.1. The maximum atomic E-state index is 14.2. The Morgan fingerprint density at radius 1 is 1.26 bits per heavy atom. The minimum Gasteiger partial charge on any atom is -0.484 e. The Hall–Kier alpha value is -1.89. The molecule has 1 aliphatic rings. The van der Waals surface area contributed by atoms with Crippen LogP contribution in [0.25, 0.3) is 0 Å². The number of anilines is 1. The highest BCUT2D eigenvalue weighted by Crippen LogP contribution is 2.26. The molecule has 1 fully saturated rings. The molecule has 0 radical (unpaired) electrons. The number of nitrogens with two attached hydrogens (primary N) is 1. The number of nitrogens with zero attached hydrogens (tertiary/aromatic N) is 1. The Labute approximate surface area is 170 Å². The van der Waals surface area contributed by atoms with Gasteiger partial charge in [-0.1, -0.05) is 12.5 Å². The van der Waals surface area contributed by atoms with Gasteiger partial charge in [0, 0.05) is 29.9 Å². The van der Waals surface area contributed by atoms with Gasteiger partial charge >= 0.3 is 0 Å². The summed E-state index contributed by atoms with van der Waals surface area (Å²) in [5.41, 5.74) is 7.06. The summed E-state index contributed by atoms with van der Waals surface area (Å²) in [5.74, 6) is -0.596. The average Bonchev–Trinajstić information content (AvgIpc) is 2.62. The number of pyridine rings is 1. The van der Waals surface area contributed by atoms with Crippen LogP contribution in [0.15, 0.2) is 42.6 Å². The largest absolute Gasteiger partial charge is 0.484 e. The molecule has 2 unspecified atom stereocenters. The summed E-state index contributed by atoms with van der Waals surface area (Å²) < 4.78 is 19.6. The molecular formula is C19H24Cl2FN3O2. The van der Waals surface area contributed by atoms with Crippen LogP contribution in [-0.2, 0) is 11.4 Å². The van der Waals surface area contributed by atoms with E-state index in [2.05, 4.69) is 10.3 Å². The van der Waals surface area contributed by atoms with Gasteiger partial charge in [-0.2, -0.15) is 0 Å². The van der Waals surface area contributed by atoms with Crippen LogP contribution in [0.4, 0.5) is 10.1 Å². The first kappa shape index (κ1) is 23.1. The number of halogens is 3. The van der Waals surface area contributed by atoms with Crippen LogP contribution < -0.4 is 15.8 Å². The Balaban J connectivity index is 0.00000182. The van der Waals surface area contributed by atoms with Crippen molar-refractivity contribution in [3.63, 3.8) is 0 Å². The summed E-state index contributed by atoms with van der Waals surface area (Å²) in [6.07, 6.45) is 5.08. The quantitative estimate of drug-likeness (QED) is 0.770. The summed E-state index contributed by atoms with van der Waals surface area (Å²) in [6, 6.07) is 9.95. The fourth-order valence-electron chi connectivity index (χ4n) is 3.04. The Kier molecular flexibility index (Phi) is 9.49. The molecule has 0 bridgehead atoms. The Bertz CT molecular complexity index is 734. The monoisotopic (exact) mass is 415 g/mol. The fourth-order valence-corrected chi connectivity index (χ4v) is 3.04. The van der Waals surface area contributed by atoms with Gasteiger partial charge in [0.25, 0.3) is 0 Å². The van der Waals surface area contributed by atoms with Gasteiger partial charge in [0.2, 0.25) is 5.91 Å². The van der Waals surface area contributed by atoms with Crippen molar-refractivity contribution < 1.29 is 13.9 Å². The maximum Gasteiger partial charge on any atom is 0.227 e. The minimum absolute atomic E-state index is 0. The summed E-state index contributed by atoms with van der Waals surface area (Å²) in [7, 11) is 0. The van der Waals surface area contributed by atoms with Crippen LogP contribution in [-0.4, -0.2) is 16.9 Å². The van der Waals surface area contributed by atoms with Crippen molar-refractivity contribution in [1.82, 2.24) is 4.98 Å². The van der Waals surface area contributed by atoms with E-state index in [1.807, 2.05) is 6.07 Å². The predicted molar refractivity (Wildman–Crippen MR) is 108 cm³/mol. The zero-order valence-electron chi connectivity index (χ0n) is 14.8. The van der Waals surface area contributed by atoms with Gasteiger partial charge in [0.1, 0.15) is 6.61 Å². The van der Waals surface area contributed by atoms with E-state index in [1.165, 1.54) is 12.1 Å². The zero-order valence-corrected chi connectivity index (χ0v) is 16.4. The molecule has 3 N–H and O–H groups in total. The van der Waals surface area contributed by atoms with Gasteiger partial charge in [0.05, 0.1) is 5.69 Å². The molecule has 1 aromatic carbocycles. The van der Waals surface area contributed by atoms with Gasteiger partial charge in [-0.05, 0) is 43.5 Å². The highest BCUT2D eigenvalue weighted by molar-refractivity contribution is 5.92.